The monoisotopic (exact) mass is 274 g/mol. The molecule has 0 aliphatic rings. The molecule has 0 aromatic heterocycles. The first-order chi connectivity index (χ1) is 9.51. The van der Waals surface area contributed by atoms with Gasteiger partial charge in [0.25, 0.3) is 0 Å². The van der Waals surface area contributed by atoms with Gasteiger partial charge in [0.1, 0.15) is 0 Å². The van der Waals surface area contributed by atoms with E-state index in [-0.39, 0.29) is 11.1 Å². The third kappa shape index (κ3) is 3.82. The van der Waals surface area contributed by atoms with Gasteiger partial charge in [0.2, 0.25) is 0 Å². The minimum atomic E-state index is -0.984. The van der Waals surface area contributed by atoms with Crippen LogP contribution in [0.3, 0.4) is 0 Å². The number of benzene rings is 1. The van der Waals surface area contributed by atoms with Crippen molar-refractivity contribution in [3.63, 3.8) is 0 Å². The number of hydrogen-bond acceptors (Lipinski definition) is 2. The SMILES string of the molecule is CCC=C(C(=O)O)c1ccc(C(=CCC)C(=O)O)cc1. The molecule has 4 nitrogen and oxygen atoms in total. The summed E-state index contributed by atoms with van der Waals surface area (Å²) in [7, 11) is 0. The molecule has 0 radical (unpaired) electrons. The van der Waals surface area contributed by atoms with Crippen LogP contribution in [0.25, 0.3) is 11.1 Å². The number of rotatable bonds is 6. The van der Waals surface area contributed by atoms with E-state index in [1.807, 2.05) is 13.8 Å². The van der Waals surface area contributed by atoms with Crippen molar-refractivity contribution in [2.45, 2.75) is 26.7 Å². The largest absolute Gasteiger partial charge is 0.478 e. The summed E-state index contributed by atoms with van der Waals surface area (Å²) in [6.45, 7) is 3.73. The molecule has 1 rings (SSSR count). The van der Waals surface area contributed by atoms with Gasteiger partial charge in [-0.2, -0.15) is 0 Å². The lowest BCUT2D eigenvalue weighted by molar-refractivity contribution is -0.131. The molecule has 2 N–H and O–H groups in total. The van der Waals surface area contributed by atoms with Crippen molar-refractivity contribution in [1.82, 2.24) is 0 Å². The van der Waals surface area contributed by atoms with Crippen molar-refractivity contribution < 1.29 is 19.8 Å². The molecule has 0 aliphatic heterocycles. The predicted octanol–water partition coefficient (Wildman–Crippen LogP) is 3.44. The maximum Gasteiger partial charge on any atom is 0.335 e. The molecule has 0 fully saturated rings. The minimum absolute atomic E-state index is 0.232. The third-order valence-electron chi connectivity index (χ3n) is 2.78. The lowest BCUT2D eigenvalue weighted by atomic mass is 9.99. The highest BCUT2D eigenvalue weighted by Gasteiger charge is 2.12. The second-order valence-electron chi connectivity index (χ2n) is 4.24. The maximum absolute atomic E-state index is 11.1. The standard InChI is InChI=1S/C16H18O4/c1-3-5-13(15(17)18)11-7-9-12(10-8-11)14(6-4-2)16(19)20/h5-10H,3-4H2,1-2H3,(H,17,18)(H,19,20). The van der Waals surface area contributed by atoms with E-state index in [0.717, 1.165) is 0 Å². The highest BCUT2D eigenvalue weighted by Crippen LogP contribution is 2.21. The van der Waals surface area contributed by atoms with Gasteiger partial charge in [0, 0.05) is 0 Å². The van der Waals surface area contributed by atoms with E-state index in [0.29, 0.717) is 24.0 Å². The Labute approximate surface area is 118 Å². The zero-order valence-electron chi connectivity index (χ0n) is 11.6. The number of carboxylic acid groups (broad SMARTS) is 2. The van der Waals surface area contributed by atoms with E-state index in [2.05, 4.69) is 0 Å². The number of hydrogen-bond donors (Lipinski definition) is 2. The molecule has 0 saturated carbocycles. The zero-order valence-corrected chi connectivity index (χ0v) is 11.6. The van der Waals surface area contributed by atoms with Gasteiger partial charge in [0.05, 0.1) is 11.1 Å². The maximum atomic E-state index is 11.1. The van der Waals surface area contributed by atoms with Gasteiger partial charge in [0.15, 0.2) is 0 Å². The smallest absolute Gasteiger partial charge is 0.335 e. The van der Waals surface area contributed by atoms with Crippen LogP contribution in [-0.2, 0) is 9.59 Å². The fourth-order valence-electron chi connectivity index (χ4n) is 1.89. The fourth-order valence-corrected chi connectivity index (χ4v) is 1.89. The summed E-state index contributed by atoms with van der Waals surface area (Å²) in [5, 5.41) is 18.3. The summed E-state index contributed by atoms with van der Waals surface area (Å²) in [5.74, 6) is -1.97. The summed E-state index contributed by atoms with van der Waals surface area (Å²) in [6, 6.07) is 6.55. The Bertz CT molecular complexity index is 499. The second kappa shape index (κ2) is 7.28. The van der Waals surface area contributed by atoms with E-state index in [1.54, 1.807) is 36.4 Å². The molecule has 0 bridgehead atoms. The van der Waals surface area contributed by atoms with Crippen molar-refractivity contribution in [1.29, 1.82) is 0 Å². The van der Waals surface area contributed by atoms with Gasteiger partial charge in [-0.15, -0.1) is 0 Å². The van der Waals surface area contributed by atoms with Crippen LogP contribution < -0.4 is 0 Å². The summed E-state index contributed by atoms with van der Waals surface area (Å²) >= 11 is 0. The summed E-state index contributed by atoms with van der Waals surface area (Å²) in [4.78, 5) is 22.3. The molecule has 4 heteroatoms. The van der Waals surface area contributed by atoms with Crippen LogP contribution in [0.1, 0.15) is 37.8 Å². The number of aliphatic carboxylic acids is 2. The molecular weight excluding hydrogens is 256 g/mol. The first kappa shape index (κ1) is 15.7. The first-order valence-electron chi connectivity index (χ1n) is 6.48. The Morgan fingerprint density at radius 2 is 1.15 bits per heavy atom. The average Bonchev–Trinajstić information content (AvgIpc) is 2.42. The highest BCUT2D eigenvalue weighted by atomic mass is 16.4. The average molecular weight is 274 g/mol. The molecule has 1 aromatic carbocycles. The van der Waals surface area contributed by atoms with Crippen LogP contribution in [-0.4, -0.2) is 22.2 Å². The van der Waals surface area contributed by atoms with Crippen LogP contribution >= 0.6 is 0 Å². The van der Waals surface area contributed by atoms with E-state index in [9.17, 15) is 9.59 Å². The van der Waals surface area contributed by atoms with E-state index < -0.39 is 11.9 Å². The lowest BCUT2D eigenvalue weighted by Gasteiger charge is -2.06. The van der Waals surface area contributed by atoms with Crippen LogP contribution in [0.2, 0.25) is 0 Å². The Balaban J connectivity index is 3.16. The van der Waals surface area contributed by atoms with Crippen LogP contribution in [0, 0.1) is 0 Å². The van der Waals surface area contributed by atoms with Crippen molar-refractivity contribution >= 4 is 23.1 Å². The van der Waals surface area contributed by atoms with Gasteiger partial charge >= 0.3 is 11.9 Å². The molecule has 0 heterocycles. The first-order valence-corrected chi connectivity index (χ1v) is 6.48. The molecule has 106 valence electrons. The van der Waals surface area contributed by atoms with Gasteiger partial charge in [-0.05, 0) is 24.0 Å². The molecule has 20 heavy (non-hydrogen) atoms. The Hall–Kier alpha value is -2.36. The fraction of sp³-hybridized carbons (Fsp3) is 0.250. The van der Waals surface area contributed by atoms with Crippen LogP contribution in [0.15, 0.2) is 36.4 Å². The normalized spacial score (nSPS) is 12.3. The summed E-state index contributed by atoms with van der Waals surface area (Å²) < 4.78 is 0. The number of allylic oxidation sites excluding steroid dienone is 2. The topological polar surface area (TPSA) is 74.6 Å². The molecule has 0 atom stereocenters. The molecule has 1 aromatic rings. The van der Waals surface area contributed by atoms with E-state index in [4.69, 9.17) is 10.2 Å². The van der Waals surface area contributed by atoms with Crippen molar-refractivity contribution in [3.05, 3.63) is 47.5 Å². The van der Waals surface area contributed by atoms with Crippen molar-refractivity contribution in [2.75, 3.05) is 0 Å². The second-order valence-corrected chi connectivity index (χ2v) is 4.24. The Morgan fingerprint density at radius 3 is 1.35 bits per heavy atom. The zero-order chi connectivity index (χ0) is 15.1. The summed E-state index contributed by atoms with van der Waals surface area (Å²) in [6.07, 6.45) is 4.52. The Kier molecular flexibility index (Phi) is 5.72. The van der Waals surface area contributed by atoms with Crippen LogP contribution in [0.4, 0.5) is 0 Å². The van der Waals surface area contributed by atoms with Gasteiger partial charge in [-0.1, -0.05) is 50.3 Å². The Morgan fingerprint density at radius 1 is 0.850 bits per heavy atom. The molecule has 0 saturated heterocycles. The minimum Gasteiger partial charge on any atom is -0.478 e. The predicted molar refractivity (Wildman–Crippen MR) is 78.2 cm³/mol. The number of carbonyl (C=O) groups is 2. The summed E-state index contributed by atoms with van der Waals surface area (Å²) in [5.41, 5.74) is 1.61. The quantitative estimate of drug-likeness (QED) is 0.779. The molecule has 0 aliphatic carbocycles. The van der Waals surface area contributed by atoms with Gasteiger partial charge in [-0.25, -0.2) is 9.59 Å². The van der Waals surface area contributed by atoms with E-state index >= 15 is 0 Å². The molecule has 0 spiro atoms. The number of carboxylic acids is 2. The highest BCUT2D eigenvalue weighted by molar-refractivity contribution is 6.17. The van der Waals surface area contributed by atoms with Gasteiger partial charge < -0.3 is 10.2 Å². The van der Waals surface area contributed by atoms with Crippen molar-refractivity contribution in [3.8, 4) is 0 Å². The molecule has 0 unspecified atom stereocenters. The molecule has 0 amide bonds. The van der Waals surface area contributed by atoms with Gasteiger partial charge in [-0.3, -0.25) is 0 Å². The lowest BCUT2D eigenvalue weighted by Crippen LogP contribution is -2.02. The van der Waals surface area contributed by atoms with E-state index in [1.165, 1.54) is 0 Å². The van der Waals surface area contributed by atoms with Crippen molar-refractivity contribution in [2.24, 2.45) is 0 Å². The molecular formula is C16H18O4. The third-order valence-corrected chi connectivity index (χ3v) is 2.78. The van der Waals surface area contributed by atoms with Crippen LogP contribution in [0.5, 0.6) is 0 Å².